The van der Waals surface area contributed by atoms with Crippen LogP contribution in [0.5, 0.6) is 0 Å². The van der Waals surface area contributed by atoms with E-state index in [9.17, 15) is 10.1 Å². The number of nitrogens with one attached hydrogen (secondary N) is 1. The van der Waals surface area contributed by atoms with E-state index in [1.165, 1.54) is 12.8 Å². The fourth-order valence-electron chi connectivity index (χ4n) is 3.01. The topological polar surface area (TPSA) is 58.4 Å². The van der Waals surface area contributed by atoms with Crippen LogP contribution in [0.3, 0.4) is 0 Å². The number of aryl methyl sites for hydroxylation is 1. The number of likely N-dealkylation sites (tertiary alicyclic amines) is 1. The van der Waals surface area contributed by atoms with Crippen LogP contribution in [0.2, 0.25) is 0 Å². The molecule has 0 spiro atoms. The van der Waals surface area contributed by atoms with Crippen molar-refractivity contribution in [3.8, 4) is 0 Å². The molecule has 5 heteroatoms. The molecular formula is C16H25N3O2. The molecule has 1 N–H and O–H groups in total. The number of hydrogen-bond acceptors (Lipinski definition) is 4. The zero-order chi connectivity index (χ0) is 15.4. The molecule has 1 fully saturated rings. The van der Waals surface area contributed by atoms with Crippen molar-refractivity contribution in [3.05, 3.63) is 33.9 Å². The Hall–Kier alpha value is -1.62. The van der Waals surface area contributed by atoms with E-state index in [0.29, 0.717) is 12.0 Å². The average Bonchev–Trinajstić information content (AvgIpc) is 2.49. The highest BCUT2D eigenvalue weighted by atomic mass is 16.6. The highest BCUT2D eigenvalue weighted by Gasteiger charge is 2.23. The van der Waals surface area contributed by atoms with Gasteiger partial charge in [-0.3, -0.25) is 10.1 Å². The molecule has 1 saturated heterocycles. The van der Waals surface area contributed by atoms with Crippen molar-refractivity contribution in [2.24, 2.45) is 5.92 Å². The molecule has 0 amide bonds. The summed E-state index contributed by atoms with van der Waals surface area (Å²) in [5, 5.41) is 14.4. The molecule has 1 aliphatic heterocycles. The second kappa shape index (κ2) is 6.89. The van der Waals surface area contributed by atoms with Gasteiger partial charge in [0.1, 0.15) is 0 Å². The SMILES string of the molecule is CCN1CCC(C(C)Nc2cc([N+](=O)[O-])ccc2C)CC1. The van der Waals surface area contributed by atoms with Crippen LogP contribution < -0.4 is 5.32 Å². The molecule has 2 rings (SSSR count). The van der Waals surface area contributed by atoms with Crippen LogP contribution in [0, 0.1) is 23.0 Å². The van der Waals surface area contributed by atoms with E-state index in [0.717, 1.165) is 30.9 Å². The molecule has 0 bridgehead atoms. The quantitative estimate of drug-likeness (QED) is 0.667. The molecule has 1 aliphatic rings. The molecule has 1 atom stereocenters. The number of anilines is 1. The van der Waals surface area contributed by atoms with Crippen molar-refractivity contribution in [1.29, 1.82) is 0 Å². The Bertz CT molecular complexity index is 496. The fraction of sp³-hybridized carbons (Fsp3) is 0.625. The third-order valence-electron chi connectivity index (χ3n) is 4.60. The highest BCUT2D eigenvalue weighted by molar-refractivity contribution is 5.57. The molecule has 21 heavy (non-hydrogen) atoms. The lowest BCUT2D eigenvalue weighted by atomic mass is 9.90. The first-order chi connectivity index (χ1) is 10.0. The molecule has 0 aliphatic carbocycles. The zero-order valence-electron chi connectivity index (χ0n) is 13.1. The van der Waals surface area contributed by atoms with Gasteiger partial charge < -0.3 is 10.2 Å². The number of nitro groups is 1. The van der Waals surface area contributed by atoms with Crippen LogP contribution in [0.4, 0.5) is 11.4 Å². The third kappa shape index (κ3) is 3.94. The first-order valence-electron chi connectivity index (χ1n) is 7.75. The van der Waals surface area contributed by atoms with E-state index in [4.69, 9.17) is 0 Å². The predicted molar refractivity (Wildman–Crippen MR) is 85.8 cm³/mol. The third-order valence-corrected chi connectivity index (χ3v) is 4.60. The number of rotatable bonds is 5. The summed E-state index contributed by atoms with van der Waals surface area (Å²) in [5.74, 6) is 0.631. The van der Waals surface area contributed by atoms with Gasteiger partial charge in [0.05, 0.1) is 4.92 Å². The summed E-state index contributed by atoms with van der Waals surface area (Å²) in [4.78, 5) is 13.0. The molecule has 0 aromatic heterocycles. The van der Waals surface area contributed by atoms with Gasteiger partial charge in [-0.2, -0.15) is 0 Å². The Morgan fingerprint density at radius 2 is 2.10 bits per heavy atom. The van der Waals surface area contributed by atoms with Gasteiger partial charge in [0.25, 0.3) is 5.69 Å². The van der Waals surface area contributed by atoms with Gasteiger partial charge >= 0.3 is 0 Å². The Kier molecular flexibility index (Phi) is 5.17. The summed E-state index contributed by atoms with van der Waals surface area (Å²) in [6, 6.07) is 5.36. The lowest BCUT2D eigenvalue weighted by Gasteiger charge is -2.35. The summed E-state index contributed by atoms with van der Waals surface area (Å²) in [5.41, 5.74) is 2.09. The maximum Gasteiger partial charge on any atom is 0.271 e. The first-order valence-corrected chi connectivity index (χ1v) is 7.75. The second-order valence-corrected chi connectivity index (χ2v) is 5.96. The fourth-order valence-corrected chi connectivity index (χ4v) is 3.01. The van der Waals surface area contributed by atoms with Crippen LogP contribution in [0.1, 0.15) is 32.3 Å². The van der Waals surface area contributed by atoms with Crippen LogP contribution in [0.15, 0.2) is 18.2 Å². The first kappa shape index (κ1) is 15.8. The van der Waals surface area contributed by atoms with Gasteiger partial charge in [-0.1, -0.05) is 13.0 Å². The van der Waals surface area contributed by atoms with Crippen molar-refractivity contribution in [2.75, 3.05) is 25.0 Å². The highest BCUT2D eigenvalue weighted by Crippen LogP contribution is 2.27. The van der Waals surface area contributed by atoms with E-state index in [-0.39, 0.29) is 10.6 Å². The Morgan fingerprint density at radius 3 is 2.67 bits per heavy atom. The molecular weight excluding hydrogens is 266 g/mol. The molecule has 1 aromatic carbocycles. The summed E-state index contributed by atoms with van der Waals surface area (Å²) in [6.07, 6.45) is 2.38. The lowest BCUT2D eigenvalue weighted by molar-refractivity contribution is -0.384. The number of nitro benzene ring substituents is 1. The Morgan fingerprint density at radius 1 is 1.43 bits per heavy atom. The van der Waals surface area contributed by atoms with E-state index in [1.54, 1.807) is 12.1 Å². The van der Waals surface area contributed by atoms with Gasteiger partial charge in [0, 0.05) is 23.9 Å². The van der Waals surface area contributed by atoms with Crippen LogP contribution in [-0.4, -0.2) is 35.5 Å². The number of benzene rings is 1. The summed E-state index contributed by atoms with van der Waals surface area (Å²) < 4.78 is 0. The van der Waals surface area contributed by atoms with Crippen molar-refractivity contribution in [3.63, 3.8) is 0 Å². The molecule has 1 heterocycles. The zero-order valence-corrected chi connectivity index (χ0v) is 13.1. The molecule has 0 saturated carbocycles. The average molecular weight is 291 g/mol. The monoisotopic (exact) mass is 291 g/mol. The molecule has 0 radical (unpaired) electrons. The molecule has 1 aromatic rings. The van der Waals surface area contributed by atoms with Crippen molar-refractivity contribution >= 4 is 11.4 Å². The molecule has 5 nitrogen and oxygen atoms in total. The van der Waals surface area contributed by atoms with Crippen LogP contribution in [-0.2, 0) is 0 Å². The summed E-state index contributed by atoms with van der Waals surface area (Å²) in [6.45, 7) is 9.80. The standard InChI is InChI=1S/C16H25N3O2/c1-4-18-9-7-14(8-10-18)13(3)17-16-11-15(19(20)21)6-5-12(16)2/h5-6,11,13-14,17H,4,7-10H2,1-3H3. The minimum Gasteiger partial charge on any atom is -0.382 e. The minimum atomic E-state index is -0.338. The largest absolute Gasteiger partial charge is 0.382 e. The maximum absolute atomic E-state index is 10.9. The van der Waals surface area contributed by atoms with E-state index in [1.807, 2.05) is 13.0 Å². The predicted octanol–water partition coefficient (Wildman–Crippen LogP) is 3.44. The van der Waals surface area contributed by atoms with Crippen LogP contribution >= 0.6 is 0 Å². The number of non-ortho nitro benzene ring substituents is 1. The van der Waals surface area contributed by atoms with E-state index in [2.05, 4.69) is 24.1 Å². The maximum atomic E-state index is 10.9. The summed E-state index contributed by atoms with van der Waals surface area (Å²) >= 11 is 0. The van der Waals surface area contributed by atoms with Crippen LogP contribution in [0.25, 0.3) is 0 Å². The number of nitrogens with zero attached hydrogens (tertiary/aromatic N) is 2. The lowest BCUT2D eigenvalue weighted by Crippen LogP contribution is -2.39. The van der Waals surface area contributed by atoms with Gasteiger partial charge in [-0.25, -0.2) is 0 Å². The van der Waals surface area contributed by atoms with E-state index < -0.39 is 0 Å². The Balaban J connectivity index is 2.01. The molecule has 1 unspecified atom stereocenters. The van der Waals surface area contributed by atoms with Crippen molar-refractivity contribution < 1.29 is 4.92 Å². The second-order valence-electron chi connectivity index (χ2n) is 5.96. The minimum absolute atomic E-state index is 0.149. The van der Waals surface area contributed by atoms with Gasteiger partial charge in [-0.15, -0.1) is 0 Å². The van der Waals surface area contributed by atoms with Crippen molar-refractivity contribution in [2.45, 2.75) is 39.7 Å². The van der Waals surface area contributed by atoms with E-state index >= 15 is 0 Å². The number of piperidine rings is 1. The van der Waals surface area contributed by atoms with Gasteiger partial charge in [-0.05, 0) is 57.8 Å². The number of hydrogen-bond donors (Lipinski definition) is 1. The Labute approximate surface area is 126 Å². The molecule has 116 valence electrons. The van der Waals surface area contributed by atoms with Gasteiger partial charge in [0.15, 0.2) is 0 Å². The van der Waals surface area contributed by atoms with Gasteiger partial charge in [0.2, 0.25) is 0 Å². The van der Waals surface area contributed by atoms with Crippen molar-refractivity contribution in [1.82, 2.24) is 4.90 Å². The normalized spacial score (nSPS) is 18.4. The summed E-state index contributed by atoms with van der Waals surface area (Å²) in [7, 11) is 0. The smallest absolute Gasteiger partial charge is 0.271 e.